The molecule has 2 aromatic rings. The molecule has 2 saturated heterocycles. The zero-order valence-corrected chi connectivity index (χ0v) is 22.7. The van der Waals surface area contributed by atoms with Gasteiger partial charge in [-0.05, 0) is 44.6 Å². The smallest absolute Gasteiger partial charge is 0.469 e. The molecule has 200 valence electrons. The van der Waals surface area contributed by atoms with Crippen LogP contribution in [0.1, 0.15) is 66.3 Å². The van der Waals surface area contributed by atoms with E-state index in [9.17, 15) is 14.0 Å². The third-order valence-corrected chi connectivity index (χ3v) is 7.93. The molecule has 2 aliphatic heterocycles. The molecule has 3 heterocycles. The van der Waals surface area contributed by atoms with Gasteiger partial charge in [-0.15, -0.1) is 0 Å². The molecule has 0 bridgehead atoms. The molecule has 0 spiro atoms. The van der Waals surface area contributed by atoms with E-state index in [0.717, 1.165) is 16.7 Å². The molecule has 8 nitrogen and oxygen atoms in total. The highest BCUT2D eigenvalue weighted by molar-refractivity contribution is 6.62. The lowest BCUT2D eigenvalue weighted by Gasteiger charge is -2.32. The number of amides is 1. The fourth-order valence-corrected chi connectivity index (χ4v) is 4.82. The van der Waals surface area contributed by atoms with E-state index in [-0.39, 0.29) is 31.2 Å². The number of hydrogen-bond acceptors (Lipinski definition) is 6. The summed E-state index contributed by atoms with van der Waals surface area (Å²) in [7, 11) is 0.849. The number of hydrogen-bond donors (Lipinski definition) is 1. The predicted molar refractivity (Wildman–Crippen MR) is 139 cm³/mol. The van der Waals surface area contributed by atoms with Crippen LogP contribution in [-0.4, -0.2) is 64.9 Å². The number of halogens is 1. The second-order valence-electron chi connectivity index (χ2n) is 11.4. The van der Waals surface area contributed by atoms with Crippen LogP contribution in [0, 0.1) is 11.8 Å². The summed E-state index contributed by atoms with van der Waals surface area (Å²) in [6, 6.07) is 7.30. The van der Waals surface area contributed by atoms with Gasteiger partial charge in [0.25, 0.3) is 0 Å². The van der Waals surface area contributed by atoms with Crippen LogP contribution in [0.4, 0.5) is 4.39 Å². The summed E-state index contributed by atoms with van der Waals surface area (Å²) >= 11 is 0. The van der Waals surface area contributed by atoms with Crippen molar-refractivity contribution >= 4 is 24.5 Å². The SMILES string of the molecule is COC(=O)C[C@H](C(=O)N1C[C@@H](F)C[C@H]1c1ncc(-c2ccc(B3OC(C)(C)C(C)(C)O3)cc2)[nH]1)C(C)C. The van der Waals surface area contributed by atoms with E-state index in [1.807, 2.05) is 65.8 Å². The highest BCUT2D eigenvalue weighted by atomic mass is 19.1. The van der Waals surface area contributed by atoms with Crippen molar-refractivity contribution < 1.29 is 28.0 Å². The Labute approximate surface area is 218 Å². The van der Waals surface area contributed by atoms with Crippen molar-refractivity contribution in [2.45, 2.75) is 77.8 Å². The first-order chi connectivity index (χ1) is 17.3. The number of nitrogens with one attached hydrogen (secondary N) is 1. The zero-order valence-electron chi connectivity index (χ0n) is 22.7. The lowest BCUT2D eigenvalue weighted by Crippen LogP contribution is -2.41. The molecule has 10 heteroatoms. The normalized spacial score (nSPS) is 23.5. The predicted octanol–water partition coefficient (Wildman–Crippen LogP) is 3.82. The lowest BCUT2D eigenvalue weighted by atomic mass is 9.79. The minimum absolute atomic E-state index is 0.0211. The second-order valence-corrected chi connectivity index (χ2v) is 11.4. The monoisotopic (exact) mass is 513 g/mol. The number of rotatable bonds is 7. The first kappa shape index (κ1) is 27.3. The van der Waals surface area contributed by atoms with Crippen LogP contribution < -0.4 is 5.46 Å². The molecular weight excluding hydrogens is 476 g/mol. The van der Waals surface area contributed by atoms with Gasteiger partial charge in [-0.3, -0.25) is 9.59 Å². The van der Waals surface area contributed by atoms with E-state index >= 15 is 0 Å². The van der Waals surface area contributed by atoms with Gasteiger partial charge in [-0.25, -0.2) is 9.37 Å². The topological polar surface area (TPSA) is 93.8 Å². The molecule has 2 aliphatic rings. The molecule has 4 rings (SSSR count). The van der Waals surface area contributed by atoms with E-state index in [4.69, 9.17) is 14.0 Å². The van der Waals surface area contributed by atoms with Crippen LogP contribution in [0.3, 0.4) is 0 Å². The number of aromatic nitrogens is 2. The largest absolute Gasteiger partial charge is 0.494 e. The molecule has 0 unspecified atom stereocenters. The first-order valence-electron chi connectivity index (χ1n) is 12.8. The number of nitrogens with zero attached hydrogens (tertiary/aromatic N) is 2. The van der Waals surface area contributed by atoms with Gasteiger partial charge in [0.1, 0.15) is 12.0 Å². The molecule has 0 radical (unpaired) electrons. The van der Waals surface area contributed by atoms with E-state index in [2.05, 4.69) is 9.97 Å². The zero-order chi connectivity index (χ0) is 27.1. The Kier molecular flexibility index (Phi) is 7.54. The number of likely N-dealkylation sites (tertiary alicyclic amines) is 1. The number of aromatic amines is 1. The Hall–Kier alpha value is -2.72. The maximum atomic E-state index is 14.5. The summed E-state index contributed by atoms with van der Waals surface area (Å²) < 4.78 is 31.6. The number of carbonyl (C=O) groups is 2. The molecule has 37 heavy (non-hydrogen) atoms. The maximum absolute atomic E-state index is 14.5. The van der Waals surface area contributed by atoms with Crippen molar-refractivity contribution in [1.82, 2.24) is 14.9 Å². The number of H-pyrrole nitrogens is 1. The van der Waals surface area contributed by atoms with Crippen LogP contribution in [0.15, 0.2) is 30.5 Å². The molecule has 2 fully saturated rings. The first-order valence-corrected chi connectivity index (χ1v) is 12.8. The summed E-state index contributed by atoms with van der Waals surface area (Å²) in [5, 5.41) is 0. The number of carbonyl (C=O) groups excluding carboxylic acids is 2. The lowest BCUT2D eigenvalue weighted by molar-refractivity contribution is -0.148. The highest BCUT2D eigenvalue weighted by Crippen LogP contribution is 2.37. The molecule has 1 aromatic heterocycles. The second kappa shape index (κ2) is 10.2. The standard InChI is InChI=1S/C27H37BFN3O5/c1-16(2)20(13-23(33)35-7)25(34)32-15-19(29)12-22(32)24-30-14-21(31-24)17-8-10-18(11-9-17)28-36-26(3,4)27(5,6)37-28/h8-11,14,16,19-20,22H,12-13,15H2,1-7H3,(H,30,31)/t19-,20-,22-/m0/s1. The van der Waals surface area contributed by atoms with Gasteiger partial charge < -0.3 is 23.9 Å². The molecule has 0 saturated carbocycles. The summed E-state index contributed by atoms with van der Waals surface area (Å²) in [4.78, 5) is 34.6. The molecule has 0 aliphatic carbocycles. The number of esters is 1. The quantitative estimate of drug-likeness (QED) is 0.447. The molecule has 1 aromatic carbocycles. The molecule has 3 atom stereocenters. The fraction of sp³-hybridized carbons (Fsp3) is 0.593. The Morgan fingerprint density at radius 3 is 2.38 bits per heavy atom. The van der Waals surface area contributed by atoms with Crippen LogP contribution >= 0.6 is 0 Å². The van der Waals surface area contributed by atoms with Gasteiger partial charge in [0.05, 0.1) is 55.1 Å². The van der Waals surface area contributed by atoms with E-state index in [1.54, 1.807) is 6.20 Å². The molecule has 1 amide bonds. The number of alkyl halides is 1. The van der Waals surface area contributed by atoms with Crippen molar-refractivity contribution in [2.75, 3.05) is 13.7 Å². The summed E-state index contributed by atoms with van der Waals surface area (Å²) in [5.41, 5.74) is 1.75. The third-order valence-electron chi connectivity index (χ3n) is 7.93. The van der Waals surface area contributed by atoms with Crippen molar-refractivity contribution in [3.63, 3.8) is 0 Å². The van der Waals surface area contributed by atoms with Gasteiger partial charge in [0.15, 0.2) is 0 Å². The maximum Gasteiger partial charge on any atom is 0.494 e. The number of ether oxygens (including phenoxy) is 1. The van der Waals surface area contributed by atoms with Gasteiger partial charge in [-0.2, -0.15) is 0 Å². The minimum Gasteiger partial charge on any atom is -0.469 e. The van der Waals surface area contributed by atoms with Crippen molar-refractivity contribution in [2.24, 2.45) is 11.8 Å². The minimum atomic E-state index is -1.16. The Balaban J connectivity index is 1.51. The van der Waals surface area contributed by atoms with E-state index in [1.165, 1.54) is 12.0 Å². The van der Waals surface area contributed by atoms with E-state index in [0.29, 0.717) is 5.82 Å². The van der Waals surface area contributed by atoms with Crippen LogP contribution in [0.2, 0.25) is 0 Å². The Morgan fingerprint density at radius 2 is 1.81 bits per heavy atom. The van der Waals surface area contributed by atoms with E-state index < -0.39 is 42.4 Å². The Bertz CT molecular complexity index is 1120. The van der Waals surface area contributed by atoms with Crippen LogP contribution in [0.5, 0.6) is 0 Å². The van der Waals surface area contributed by atoms with Gasteiger partial charge in [0, 0.05) is 6.42 Å². The van der Waals surface area contributed by atoms with Crippen molar-refractivity contribution in [1.29, 1.82) is 0 Å². The molecule has 1 N–H and O–H groups in total. The summed E-state index contributed by atoms with van der Waals surface area (Å²) in [5.74, 6) is -0.865. The van der Waals surface area contributed by atoms with Crippen molar-refractivity contribution in [3.8, 4) is 11.3 Å². The fourth-order valence-electron chi connectivity index (χ4n) is 4.82. The number of methoxy groups -OCH3 is 1. The van der Waals surface area contributed by atoms with Gasteiger partial charge in [0.2, 0.25) is 5.91 Å². The summed E-state index contributed by atoms with van der Waals surface area (Å²) in [6.45, 7) is 11.8. The average Bonchev–Trinajstić information content (AvgIpc) is 3.52. The number of imidazole rings is 1. The van der Waals surface area contributed by atoms with Crippen LogP contribution in [0.25, 0.3) is 11.3 Å². The van der Waals surface area contributed by atoms with Gasteiger partial charge >= 0.3 is 13.1 Å². The van der Waals surface area contributed by atoms with Crippen molar-refractivity contribution in [3.05, 3.63) is 36.3 Å². The number of benzene rings is 1. The highest BCUT2D eigenvalue weighted by Gasteiger charge is 2.51. The Morgan fingerprint density at radius 1 is 1.19 bits per heavy atom. The van der Waals surface area contributed by atoms with Crippen LogP contribution in [-0.2, 0) is 23.6 Å². The van der Waals surface area contributed by atoms with Gasteiger partial charge in [-0.1, -0.05) is 38.1 Å². The summed E-state index contributed by atoms with van der Waals surface area (Å²) in [6.07, 6.45) is 0.656. The third kappa shape index (κ3) is 5.45. The molecular formula is C27H37BFN3O5. The average molecular weight is 513 g/mol.